The fourth-order valence-electron chi connectivity index (χ4n) is 1.71. The number of hydrogen-bond donors (Lipinski definition) is 1. The van der Waals surface area contributed by atoms with Crippen LogP contribution in [-0.4, -0.2) is 37.5 Å². The van der Waals surface area contributed by atoms with Crippen molar-refractivity contribution in [1.29, 1.82) is 0 Å². The Kier molecular flexibility index (Phi) is 5.71. The molecule has 1 amide bonds. The van der Waals surface area contributed by atoms with Gasteiger partial charge in [-0.05, 0) is 52.2 Å². The summed E-state index contributed by atoms with van der Waals surface area (Å²) in [5, 5.41) is 2.59. The quantitative estimate of drug-likeness (QED) is 0.848. The van der Waals surface area contributed by atoms with Crippen molar-refractivity contribution in [3.8, 4) is 0 Å². The van der Waals surface area contributed by atoms with E-state index >= 15 is 0 Å². The standard InChI is InChI=1S/C14H18F4N2O/c1-9(6-7-20(2)3)19-13(21)10-4-5-12(15)11(8-10)14(16,17)18/h4-5,8-9H,6-7H2,1-3H3,(H,19,21). The van der Waals surface area contributed by atoms with Crippen LogP contribution in [0.1, 0.15) is 29.3 Å². The van der Waals surface area contributed by atoms with Crippen LogP contribution in [0.2, 0.25) is 0 Å². The molecule has 118 valence electrons. The molecule has 3 nitrogen and oxygen atoms in total. The number of nitrogens with zero attached hydrogens (tertiary/aromatic N) is 1. The summed E-state index contributed by atoms with van der Waals surface area (Å²) in [6.45, 7) is 2.49. The number of carbonyl (C=O) groups excluding carboxylic acids is 1. The minimum Gasteiger partial charge on any atom is -0.350 e. The molecule has 0 aliphatic heterocycles. The molecule has 0 aromatic heterocycles. The van der Waals surface area contributed by atoms with E-state index in [1.54, 1.807) is 6.92 Å². The van der Waals surface area contributed by atoms with Gasteiger partial charge in [-0.25, -0.2) is 4.39 Å². The maximum Gasteiger partial charge on any atom is 0.419 e. The van der Waals surface area contributed by atoms with E-state index in [0.29, 0.717) is 18.6 Å². The Balaban J connectivity index is 2.79. The van der Waals surface area contributed by atoms with Gasteiger partial charge in [0.2, 0.25) is 0 Å². The van der Waals surface area contributed by atoms with Gasteiger partial charge in [0.1, 0.15) is 5.82 Å². The Morgan fingerprint density at radius 1 is 1.33 bits per heavy atom. The first-order chi connectivity index (χ1) is 9.61. The Morgan fingerprint density at radius 3 is 2.48 bits per heavy atom. The van der Waals surface area contributed by atoms with Crippen molar-refractivity contribution < 1.29 is 22.4 Å². The molecule has 0 bridgehead atoms. The monoisotopic (exact) mass is 306 g/mol. The lowest BCUT2D eigenvalue weighted by atomic mass is 10.1. The van der Waals surface area contributed by atoms with Crippen LogP contribution in [0.15, 0.2) is 18.2 Å². The normalized spacial score (nSPS) is 13.3. The molecule has 0 aliphatic rings. The second-order valence-corrected chi connectivity index (χ2v) is 5.16. The third-order valence-electron chi connectivity index (χ3n) is 2.92. The van der Waals surface area contributed by atoms with Crippen molar-refractivity contribution in [1.82, 2.24) is 10.2 Å². The first-order valence-corrected chi connectivity index (χ1v) is 6.43. The molecule has 7 heteroatoms. The highest BCUT2D eigenvalue weighted by Crippen LogP contribution is 2.31. The van der Waals surface area contributed by atoms with Crippen LogP contribution in [0.25, 0.3) is 0 Å². The Morgan fingerprint density at radius 2 is 1.95 bits per heavy atom. The summed E-state index contributed by atoms with van der Waals surface area (Å²) in [6.07, 6.45) is -4.16. The van der Waals surface area contributed by atoms with Crippen LogP contribution < -0.4 is 5.32 Å². The number of amides is 1. The van der Waals surface area contributed by atoms with E-state index < -0.39 is 23.5 Å². The van der Waals surface area contributed by atoms with Crippen LogP contribution in [0.4, 0.5) is 17.6 Å². The van der Waals surface area contributed by atoms with Gasteiger partial charge in [-0.1, -0.05) is 0 Å². The molecule has 0 heterocycles. The van der Waals surface area contributed by atoms with Crippen LogP contribution in [-0.2, 0) is 6.18 Å². The SMILES string of the molecule is CC(CCN(C)C)NC(=O)c1ccc(F)c(C(F)(F)F)c1. The maximum absolute atomic E-state index is 13.1. The van der Waals surface area contributed by atoms with Crippen molar-refractivity contribution >= 4 is 5.91 Å². The van der Waals surface area contributed by atoms with Gasteiger partial charge >= 0.3 is 6.18 Å². The van der Waals surface area contributed by atoms with Gasteiger partial charge < -0.3 is 10.2 Å². The summed E-state index contributed by atoms with van der Waals surface area (Å²) in [6, 6.07) is 2.03. The van der Waals surface area contributed by atoms with Crippen LogP contribution in [0.5, 0.6) is 0 Å². The van der Waals surface area contributed by atoms with E-state index in [4.69, 9.17) is 0 Å². The molecule has 0 fully saturated rings. The molecule has 21 heavy (non-hydrogen) atoms. The van der Waals surface area contributed by atoms with Crippen LogP contribution in [0.3, 0.4) is 0 Å². The highest BCUT2D eigenvalue weighted by molar-refractivity contribution is 5.94. The lowest BCUT2D eigenvalue weighted by Crippen LogP contribution is -2.35. The highest BCUT2D eigenvalue weighted by atomic mass is 19.4. The highest BCUT2D eigenvalue weighted by Gasteiger charge is 2.34. The summed E-state index contributed by atoms with van der Waals surface area (Å²) >= 11 is 0. The molecule has 1 atom stereocenters. The second-order valence-electron chi connectivity index (χ2n) is 5.16. The van der Waals surface area contributed by atoms with Crippen molar-refractivity contribution in [2.75, 3.05) is 20.6 Å². The number of alkyl halides is 3. The molecule has 0 saturated heterocycles. The number of hydrogen-bond acceptors (Lipinski definition) is 2. The summed E-state index contributed by atoms with van der Waals surface area (Å²) in [5.41, 5.74) is -1.64. The van der Waals surface area contributed by atoms with Gasteiger partial charge in [0.25, 0.3) is 5.91 Å². The average molecular weight is 306 g/mol. The first kappa shape index (κ1) is 17.4. The van der Waals surface area contributed by atoms with E-state index in [2.05, 4.69) is 5.32 Å². The topological polar surface area (TPSA) is 32.3 Å². The van der Waals surface area contributed by atoms with E-state index in [1.807, 2.05) is 19.0 Å². The Bertz CT molecular complexity index is 500. The zero-order chi connectivity index (χ0) is 16.2. The predicted octanol–water partition coefficient (Wildman–Crippen LogP) is 2.91. The molecule has 1 N–H and O–H groups in total. The fraction of sp³-hybridized carbons (Fsp3) is 0.500. The number of halogens is 4. The molecule has 1 aromatic carbocycles. The summed E-state index contributed by atoms with van der Waals surface area (Å²) in [7, 11) is 3.76. The fourth-order valence-corrected chi connectivity index (χ4v) is 1.71. The predicted molar refractivity (Wildman–Crippen MR) is 71.5 cm³/mol. The average Bonchev–Trinajstić information content (AvgIpc) is 2.35. The van der Waals surface area contributed by atoms with E-state index in [9.17, 15) is 22.4 Å². The molecular weight excluding hydrogens is 288 g/mol. The third-order valence-corrected chi connectivity index (χ3v) is 2.92. The van der Waals surface area contributed by atoms with Crippen molar-refractivity contribution in [3.63, 3.8) is 0 Å². The van der Waals surface area contributed by atoms with Gasteiger partial charge in [-0.3, -0.25) is 4.79 Å². The molecular formula is C14H18F4N2O. The van der Waals surface area contributed by atoms with Gasteiger partial charge in [0, 0.05) is 11.6 Å². The Labute approximate surface area is 120 Å². The molecule has 1 unspecified atom stereocenters. The molecule has 0 spiro atoms. The van der Waals surface area contributed by atoms with Gasteiger partial charge in [-0.2, -0.15) is 13.2 Å². The zero-order valence-electron chi connectivity index (χ0n) is 12.1. The Hall–Kier alpha value is -1.63. The third kappa shape index (κ3) is 5.34. The summed E-state index contributed by atoms with van der Waals surface area (Å²) in [4.78, 5) is 13.8. The number of carbonyl (C=O) groups is 1. The molecule has 0 radical (unpaired) electrons. The zero-order valence-corrected chi connectivity index (χ0v) is 12.1. The van der Waals surface area contributed by atoms with Crippen molar-refractivity contribution in [2.45, 2.75) is 25.6 Å². The lowest BCUT2D eigenvalue weighted by molar-refractivity contribution is -0.140. The van der Waals surface area contributed by atoms with Crippen LogP contribution in [0, 0.1) is 5.82 Å². The number of nitrogens with one attached hydrogen (secondary N) is 1. The second kappa shape index (κ2) is 6.89. The lowest BCUT2D eigenvalue weighted by Gasteiger charge is -2.17. The van der Waals surface area contributed by atoms with Crippen molar-refractivity contribution in [3.05, 3.63) is 35.1 Å². The number of rotatable bonds is 5. The first-order valence-electron chi connectivity index (χ1n) is 6.43. The molecule has 1 rings (SSSR count). The minimum atomic E-state index is -4.82. The van der Waals surface area contributed by atoms with E-state index in [-0.39, 0.29) is 11.6 Å². The molecule has 1 aromatic rings. The van der Waals surface area contributed by atoms with Gasteiger partial charge in [0.15, 0.2) is 0 Å². The maximum atomic E-state index is 13.1. The largest absolute Gasteiger partial charge is 0.419 e. The van der Waals surface area contributed by atoms with Crippen molar-refractivity contribution in [2.24, 2.45) is 0 Å². The summed E-state index contributed by atoms with van der Waals surface area (Å²) in [5.74, 6) is -2.04. The number of benzene rings is 1. The molecule has 0 saturated carbocycles. The van der Waals surface area contributed by atoms with E-state index in [1.165, 1.54) is 0 Å². The van der Waals surface area contributed by atoms with E-state index in [0.717, 1.165) is 12.6 Å². The van der Waals surface area contributed by atoms with Gasteiger partial charge in [-0.15, -0.1) is 0 Å². The smallest absolute Gasteiger partial charge is 0.350 e. The van der Waals surface area contributed by atoms with Crippen LogP contribution >= 0.6 is 0 Å². The molecule has 0 aliphatic carbocycles. The summed E-state index contributed by atoms with van der Waals surface area (Å²) < 4.78 is 50.9. The minimum absolute atomic E-state index is 0.195. The van der Waals surface area contributed by atoms with Gasteiger partial charge in [0.05, 0.1) is 5.56 Å².